The zero-order valence-electron chi connectivity index (χ0n) is 18.6. The summed E-state index contributed by atoms with van der Waals surface area (Å²) < 4.78 is 0. The van der Waals surface area contributed by atoms with Gasteiger partial charge in [-0.3, -0.25) is 19.2 Å². The fourth-order valence-corrected chi connectivity index (χ4v) is 4.87. The van der Waals surface area contributed by atoms with E-state index in [9.17, 15) is 19.2 Å². The fourth-order valence-electron chi connectivity index (χ4n) is 4.87. The summed E-state index contributed by atoms with van der Waals surface area (Å²) in [5.41, 5.74) is 0. The Balaban J connectivity index is 1.98. The summed E-state index contributed by atoms with van der Waals surface area (Å²) in [6.45, 7) is 8.94. The van der Waals surface area contributed by atoms with E-state index in [-0.39, 0.29) is 35.5 Å². The first kappa shape index (κ1) is 22.6. The van der Waals surface area contributed by atoms with E-state index in [4.69, 9.17) is 0 Å². The van der Waals surface area contributed by atoms with Crippen LogP contribution in [0.2, 0.25) is 0 Å². The van der Waals surface area contributed by atoms with Crippen LogP contribution in [0.3, 0.4) is 0 Å². The number of fused-ring (bicyclic) bond motifs is 2. The molecule has 0 aliphatic carbocycles. The van der Waals surface area contributed by atoms with Crippen molar-refractivity contribution >= 4 is 23.6 Å². The first-order valence-electron chi connectivity index (χ1n) is 11.5. The average Bonchev–Trinajstić information content (AvgIpc) is 3.38. The van der Waals surface area contributed by atoms with Crippen molar-refractivity contribution in [3.05, 3.63) is 0 Å². The van der Waals surface area contributed by atoms with Gasteiger partial charge in [-0.1, -0.05) is 34.1 Å². The van der Waals surface area contributed by atoms with E-state index in [0.29, 0.717) is 32.4 Å². The first-order chi connectivity index (χ1) is 14.2. The van der Waals surface area contributed by atoms with Gasteiger partial charge >= 0.3 is 0 Å². The van der Waals surface area contributed by atoms with Crippen LogP contribution in [0.5, 0.6) is 0 Å². The second-order valence-corrected chi connectivity index (χ2v) is 9.44. The van der Waals surface area contributed by atoms with Crippen molar-refractivity contribution in [3.8, 4) is 0 Å². The van der Waals surface area contributed by atoms with Gasteiger partial charge in [-0.05, 0) is 43.9 Å². The molecule has 168 valence electrons. The third kappa shape index (κ3) is 4.47. The Morgan fingerprint density at radius 3 is 2.07 bits per heavy atom. The Hall–Kier alpha value is -2.12. The van der Waals surface area contributed by atoms with Crippen LogP contribution in [-0.2, 0) is 19.2 Å². The monoisotopic (exact) mass is 420 g/mol. The van der Waals surface area contributed by atoms with Crippen LogP contribution >= 0.6 is 0 Å². The lowest BCUT2D eigenvalue weighted by Crippen LogP contribution is -2.62. The topological polar surface area (TPSA) is 98.8 Å². The van der Waals surface area contributed by atoms with Gasteiger partial charge in [0.2, 0.25) is 23.6 Å². The Morgan fingerprint density at radius 2 is 1.47 bits per heavy atom. The van der Waals surface area contributed by atoms with E-state index in [2.05, 4.69) is 10.6 Å². The van der Waals surface area contributed by atoms with Crippen molar-refractivity contribution in [1.82, 2.24) is 20.4 Å². The molecule has 3 fully saturated rings. The second-order valence-electron chi connectivity index (χ2n) is 9.44. The molecule has 3 heterocycles. The molecule has 3 aliphatic rings. The Bertz CT molecular complexity index is 695. The molecule has 0 saturated carbocycles. The summed E-state index contributed by atoms with van der Waals surface area (Å²) in [5, 5.41) is 5.82. The van der Waals surface area contributed by atoms with Crippen LogP contribution in [0.15, 0.2) is 0 Å². The SMILES string of the molecule is CCC(C)C1NC(=O)C(CC(C)C)NC(=O)C2CCCN2C(=O)C2CCCN2C1=O. The molecule has 0 radical (unpaired) electrons. The molecule has 0 aromatic rings. The van der Waals surface area contributed by atoms with E-state index in [1.54, 1.807) is 9.80 Å². The molecule has 4 amide bonds. The summed E-state index contributed by atoms with van der Waals surface area (Å²) in [4.78, 5) is 56.3. The number of carbonyl (C=O) groups excluding carboxylic acids is 4. The Kier molecular flexibility index (Phi) is 7.03. The van der Waals surface area contributed by atoms with Gasteiger partial charge in [0.25, 0.3) is 0 Å². The number of carbonyl (C=O) groups is 4. The standard InChI is InChI=1S/C22H36N4O4/c1-5-14(4)18-22(30)26-11-7-9-17(26)21(29)25-10-6-8-16(25)20(28)23-15(12-13(2)3)19(27)24-18/h13-18H,5-12H2,1-4H3,(H,23,28)(H,24,27). The Morgan fingerprint density at radius 1 is 0.867 bits per heavy atom. The van der Waals surface area contributed by atoms with Gasteiger partial charge in [0, 0.05) is 13.1 Å². The molecule has 2 N–H and O–H groups in total. The van der Waals surface area contributed by atoms with Gasteiger partial charge in [-0.25, -0.2) is 0 Å². The van der Waals surface area contributed by atoms with Crippen LogP contribution in [0, 0.1) is 11.8 Å². The fraction of sp³-hybridized carbons (Fsp3) is 0.818. The first-order valence-corrected chi connectivity index (χ1v) is 11.5. The Labute approximate surface area is 179 Å². The summed E-state index contributed by atoms with van der Waals surface area (Å²) in [6.07, 6.45) is 3.89. The molecule has 0 bridgehead atoms. The molecule has 3 rings (SSSR count). The predicted molar refractivity (Wildman–Crippen MR) is 112 cm³/mol. The van der Waals surface area contributed by atoms with Gasteiger partial charge in [0.05, 0.1) is 0 Å². The van der Waals surface area contributed by atoms with E-state index in [0.717, 1.165) is 19.3 Å². The number of hydrogen-bond donors (Lipinski definition) is 2. The highest BCUT2D eigenvalue weighted by molar-refractivity contribution is 5.98. The van der Waals surface area contributed by atoms with Gasteiger partial charge in [-0.15, -0.1) is 0 Å². The molecule has 0 spiro atoms. The van der Waals surface area contributed by atoms with Crippen LogP contribution < -0.4 is 10.6 Å². The van der Waals surface area contributed by atoms with Crippen molar-refractivity contribution in [2.75, 3.05) is 13.1 Å². The van der Waals surface area contributed by atoms with Gasteiger partial charge < -0.3 is 20.4 Å². The molecule has 8 heteroatoms. The lowest BCUT2D eigenvalue weighted by atomic mass is 9.95. The van der Waals surface area contributed by atoms with E-state index in [1.807, 2.05) is 27.7 Å². The van der Waals surface area contributed by atoms with E-state index >= 15 is 0 Å². The number of rotatable bonds is 4. The highest BCUT2D eigenvalue weighted by atomic mass is 16.2. The maximum absolute atomic E-state index is 13.5. The molecule has 5 unspecified atom stereocenters. The van der Waals surface area contributed by atoms with Crippen molar-refractivity contribution in [3.63, 3.8) is 0 Å². The molecule has 0 aromatic heterocycles. The maximum atomic E-state index is 13.5. The molecule has 3 aliphatic heterocycles. The highest BCUT2D eigenvalue weighted by Gasteiger charge is 2.45. The molecule has 8 nitrogen and oxygen atoms in total. The summed E-state index contributed by atoms with van der Waals surface area (Å²) >= 11 is 0. The lowest BCUT2D eigenvalue weighted by Gasteiger charge is -2.36. The normalized spacial score (nSPS) is 31.6. The zero-order chi connectivity index (χ0) is 22.0. The molecule has 0 aromatic carbocycles. The quantitative estimate of drug-likeness (QED) is 0.710. The highest BCUT2D eigenvalue weighted by Crippen LogP contribution is 2.27. The largest absolute Gasteiger partial charge is 0.343 e. The van der Waals surface area contributed by atoms with Crippen LogP contribution in [0.25, 0.3) is 0 Å². The van der Waals surface area contributed by atoms with E-state index in [1.165, 1.54) is 0 Å². The maximum Gasteiger partial charge on any atom is 0.246 e. The number of nitrogens with zero attached hydrogens (tertiary/aromatic N) is 2. The van der Waals surface area contributed by atoms with Crippen LogP contribution in [-0.4, -0.2) is 70.7 Å². The van der Waals surface area contributed by atoms with Gasteiger partial charge in [-0.2, -0.15) is 0 Å². The number of hydrogen-bond acceptors (Lipinski definition) is 4. The van der Waals surface area contributed by atoms with Gasteiger partial charge in [0.1, 0.15) is 24.2 Å². The molecular formula is C22H36N4O4. The molecule has 30 heavy (non-hydrogen) atoms. The van der Waals surface area contributed by atoms with Crippen molar-refractivity contribution in [2.24, 2.45) is 11.8 Å². The third-order valence-electron chi connectivity index (χ3n) is 6.78. The zero-order valence-corrected chi connectivity index (χ0v) is 18.6. The summed E-state index contributed by atoms with van der Waals surface area (Å²) in [6, 6.07) is -2.53. The van der Waals surface area contributed by atoms with Crippen LogP contribution in [0.1, 0.15) is 66.2 Å². The third-order valence-corrected chi connectivity index (χ3v) is 6.78. The predicted octanol–water partition coefficient (Wildman–Crippen LogP) is 1.04. The average molecular weight is 421 g/mol. The number of nitrogens with one attached hydrogen (secondary N) is 2. The molecule has 5 atom stereocenters. The molecule has 3 saturated heterocycles. The van der Waals surface area contributed by atoms with Crippen molar-refractivity contribution < 1.29 is 19.2 Å². The minimum absolute atomic E-state index is 0.0734. The summed E-state index contributed by atoms with van der Waals surface area (Å²) in [5.74, 6) is -0.777. The van der Waals surface area contributed by atoms with Crippen molar-refractivity contribution in [2.45, 2.75) is 90.4 Å². The van der Waals surface area contributed by atoms with Crippen molar-refractivity contribution in [1.29, 1.82) is 0 Å². The van der Waals surface area contributed by atoms with E-state index < -0.39 is 24.2 Å². The van der Waals surface area contributed by atoms with Crippen LogP contribution in [0.4, 0.5) is 0 Å². The smallest absolute Gasteiger partial charge is 0.246 e. The summed E-state index contributed by atoms with van der Waals surface area (Å²) in [7, 11) is 0. The minimum Gasteiger partial charge on any atom is -0.343 e. The molecular weight excluding hydrogens is 384 g/mol. The second kappa shape index (κ2) is 9.35. The minimum atomic E-state index is -0.719. The van der Waals surface area contributed by atoms with Gasteiger partial charge in [0.15, 0.2) is 0 Å². The number of amides is 4. The lowest BCUT2D eigenvalue weighted by molar-refractivity contribution is -0.149.